The molecule has 0 aliphatic heterocycles. The molecule has 3 aromatic rings. The number of carbonyl (C=O) groups is 1. The van der Waals surface area contributed by atoms with Crippen LogP contribution in [0.15, 0.2) is 72.8 Å². The maximum atomic E-state index is 12.4. The van der Waals surface area contributed by atoms with Crippen LogP contribution in [-0.4, -0.2) is 11.0 Å². The zero-order chi connectivity index (χ0) is 18.4. The van der Waals surface area contributed by atoms with Crippen LogP contribution in [0.2, 0.25) is 0 Å². The van der Waals surface area contributed by atoms with E-state index in [-0.39, 0.29) is 18.3 Å². The lowest BCUT2D eigenvalue weighted by atomic mass is 10.1. The zero-order valence-corrected chi connectivity index (χ0v) is 13.8. The van der Waals surface area contributed by atoms with Gasteiger partial charge < -0.3 is 15.2 Å². The van der Waals surface area contributed by atoms with Gasteiger partial charge in [-0.05, 0) is 36.4 Å². The van der Waals surface area contributed by atoms with E-state index in [1.165, 1.54) is 6.07 Å². The van der Waals surface area contributed by atoms with Gasteiger partial charge in [-0.15, -0.1) is 0 Å². The lowest BCUT2D eigenvalue weighted by Gasteiger charge is -2.10. The minimum atomic E-state index is -0.352. The number of para-hydroxylation sites is 2. The number of ether oxygens (including phenoxy) is 1. The van der Waals surface area contributed by atoms with Crippen LogP contribution in [0.5, 0.6) is 11.5 Å². The van der Waals surface area contributed by atoms with Gasteiger partial charge in [-0.2, -0.15) is 5.26 Å². The Bertz CT molecular complexity index is 977. The van der Waals surface area contributed by atoms with E-state index in [4.69, 9.17) is 10.00 Å². The van der Waals surface area contributed by atoms with Crippen LogP contribution in [-0.2, 0) is 6.61 Å². The number of nitrogens with zero attached hydrogens (tertiary/aromatic N) is 1. The number of nitrogens with one attached hydrogen (secondary N) is 1. The van der Waals surface area contributed by atoms with Gasteiger partial charge in [-0.3, -0.25) is 4.79 Å². The minimum absolute atomic E-state index is 0.00126. The number of nitriles is 1. The van der Waals surface area contributed by atoms with Crippen LogP contribution < -0.4 is 10.1 Å². The molecule has 0 atom stereocenters. The van der Waals surface area contributed by atoms with Crippen LogP contribution in [0.25, 0.3) is 0 Å². The molecule has 0 fully saturated rings. The first-order valence-corrected chi connectivity index (χ1v) is 7.97. The van der Waals surface area contributed by atoms with Crippen molar-refractivity contribution in [1.82, 2.24) is 0 Å². The van der Waals surface area contributed by atoms with Crippen molar-refractivity contribution in [3.8, 4) is 17.6 Å². The van der Waals surface area contributed by atoms with Gasteiger partial charge in [0.25, 0.3) is 5.91 Å². The molecule has 2 N–H and O–H groups in total. The third kappa shape index (κ3) is 4.00. The Hall–Kier alpha value is -3.78. The number of benzene rings is 3. The second-order valence-corrected chi connectivity index (χ2v) is 5.56. The molecule has 0 radical (unpaired) electrons. The standard InChI is InChI=1S/C21H16N2O3/c22-13-16-6-1-2-7-17(16)14-26-18-9-5-8-15(12-18)21(25)23-19-10-3-4-11-20(19)24/h1-12,24H,14H2,(H,23,25). The number of aromatic hydroxyl groups is 1. The van der Waals surface area contributed by atoms with E-state index >= 15 is 0 Å². The van der Waals surface area contributed by atoms with Crippen LogP contribution in [0.3, 0.4) is 0 Å². The van der Waals surface area contributed by atoms with Gasteiger partial charge >= 0.3 is 0 Å². The van der Waals surface area contributed by atoms with E-state index in [9.17, 15) is 9.90 Å². The van der Waals surface area contributed by atoms with Crippen LogP contribution in [0.4, 0.5) is 5.69 Å². The van der Waals surface area contributed by atoms with Gasteiger partial charge in [0.2, 0.25) is 0 Å². The summed E-state index contributed by atoms with van der Waals surface area (Å²) in [7, 11) is 0. The Morgan fingerprint density at radius 3 is 2.62 bits per heavy atom. The molecule has 0 spiro atoms. The van der Waals surface area contributed by atoms with Crippen molar-refractivity contribution in [2.45, 2.75) is 6.61 Å². The highest BCUT2D eigenvalue weighted by atomic mass is 16.5. The predicted molar refractivity (Wildman–Crippen MR) is 98.0 cm³/mol. The Labute approximate surface area is 151 Å². The van der Waals surface area contributed by atoms with E-state index in [0.29, 0.717) is 22.6 Å². The fourth-order valence-electron chi connectivity index (χ4n) is 2.42. The van der Waals surface area contributed by atoms with Crippen molar-refractivity contribution in [2.24, 2.45) is 0 Å². The van der Waals surface area contributed by atoms with E-state index < -0.39 is 0 Å². The first-order chi connectivity index (χ1) is 12.7. The monoisotopic (exact) mass is 344 g/mol. The van der Waals surface area contributed by atoms with E-state index in [1.807, 2.05) is 12.1 Å². The summed E-state index contributed by atoms with van der Waals surface area (Å²) in [5.41, 5.74) is 2.08. The van der Waals surface area contributed by atoms with Gasteiger partial charge in [-0.25, -0.2) is 0 Å². The summed E-state index contributed by atoms with van der Waals surface area (Å²) in [5, 5.41) is 21.5. The highest BCUT2D eigenvalue weighted by molar-refractivity contribution is 6.05. The molecule has 3 aromatic carbocycles. The number of hydrogen-bond acceptors (Lipinski definition) is 4. The average Bonchev–Trinajstić information content (AvgIpc) is 2.68. The summed E-state index contributed by atoms with van der Waals surface area (Å²) in [6.07, 6.45) is 0. The number of carbonyl (C=O) groups excluding carboxylic acids is 1. The summed E-state index contributed by atoms with van der Waals surface area (Å²) >= 11 is 0. The summed E-state index contributed by atoms with van der Waals surface area (Å²) in [6, 6.07) is 22.6. The second kappa shape index (κ2) is 7.86. The fourth-order valence-corrected chi connectivity index (χ4v) is 2.42. The number of hydrogen-bond donors (Lipinski definition) is 2. The Balaban J connectivity index is 1.71. The average molecular weight is 344 g/mol. The molecule has 0 heterocycles. The van der Waals surface area contributed by atoms with Crippen molar-refractivity contribution >= 4 is 11.6 Å². The van der Waals surface area contributed by atoms with Gasteiger partial charge in [0.1, 0.15) is 18.1 Å². The van der Waals surface area contributed by atoms with Gasteiger partial charge in [0, 0.05) is 11.1 Å². The number of phenols is 1. The van der Waals surface area contributed by atoms with Crippen LogP contribution in [0.1, 0.15) is 21.5 Å². The van der Waals surface area contributed by atoms with Crippen molar-refractivity contribution in [2.75, 3.05) is 5.32 Å². The molecule has 0 aliphatic carbocycles. The molecule has 0 saturated heterocycles. The largest absolute Gasteiger partial charge is 0.506 e. The molecule has 0 aliphatic rings. The summed E-state index contributed by atoms with van der Waals surface area (Å²) < 4.78 is 5.72. The summed E-state index contributed by atoms with van der Waals surface area (Å²) in [5.74, 6) is 0.165. The molecule has 26 heavy (non-hydrogen) atoms. The van der Waals surface area contributed by atoms with E-state index in [2.05, 4.69) is 11.4 Å². The zero-order valence-electron chi connectivity index (χ0n) is 13.8. The first-order valence-electron chi connectivity index (χ1n) is 7.97. The third-order valence-electron chi connectivity index (χ3n) is 3.78. The molecular formula is C21H16N2O3. The molecule has 1 amide bonds. The highest BCUT2D eigenvalue weighted by Crippen LogP contribution is 2.23. The molecule has 0 saturated carbocycles. The number of phenolic OH excluding ortho intramolecular Hbond substituents is 1. The highest BCUT2D eigenvalue weighted by Gasteiger charge is 2.10. The van der Waals surface area contributed by atoms with Gasteiger partial charge in [0.15, 0.2) is 0 Å². The maximum absolute atomic E-state index is 12.4. The smallest absolute Gasteiger partial charge is 0.255 e. The summed E-state index contributed by atoms with van der Waals surface area (Å²) in [6.45, 7) is 0.230. The number of rotatable bonds is 5. The van der Waals surface area contributed by atoms with Crippen molar-refractivity contribution < 1.29 is 14.6 Å². The Kier molecular flexibility index (Phi) is 5.16. The normalized spacial score (nSPS) is 9.96. The van der Waals surface area contributed by atoms with Crippen molar-refractivity contribution in [1.29, 1.82) is 5.26 Å². The molecule has 5 heteroatoms. The van der Waals surface area contributed by atoms with Crippen molar-refractivity contribution in [3.05, 3.63) is 89.5 Å². The number of amides is 1. The molecule has 0 bridgehead atoms. The van der Waals surface area contributed by atoms with Gasteiger partial charge in [0.05, 0.1) is 17.3 Å². The second-order valence-electron chi connectivity index (χ2n) is 5.56. The lowest BCUT2D eigenvalue weighted by Crippen LogP contribution is -2.12. The molecular weight excluding hydrogens is 328 g/mol. The lowest BCUT2D eigenvalue weighted by molar-refractivity contribution is 0.102. The SMILES string of the molecule is N#Cc1ccccc1COc1cccc(C(=O)Nc2ccccc2O)c1. The Morgan fingerprint density at radius 2 is 1.81 bits per heavy atom. The third-order valence-corrected chi connectivity index (χ3v) is 3.78. The van der Waals surface area contributed by atoms with E-state index in [1.54, 1.807) is 54.6 Å². The van der Waals surface area contributed by atoms with Crippen LogP contribution >= 0.6 is 0 Å². The van der Waals surface area contributed by atoms with Crippen molar-refractivity contribution in [3.63, 3.8) is 0 Å². The number of anilines is 1. The molecule has 5 nitrogen and oxygen atoms in total. The maximum Gasteiger partial charge on any atom is 0.255 e. The van der Waals surface area contributed by atoms with E-state index in [0.717, 1.165) is 5.56 Å². The fraction of sp³-hybridized carbons (Fsp3) is 0.0476. The Morgan fingerprint density at radius 1 is 1.04 bits per heavy atom. The molecule has 128 valence electrons. The van der Waals surface area contributed by atoms with Gasteiger partial charge in [-0.1, -0.05) is 36.4 Å². The molecule has 3 rings (SSSR count). The molecule has 0 unspecified atom stereocenters. The summed E-state index contributed by atoms with van der Waals surface area (Å²) in [4.78, 5) is 12.4. The van der Waals surface area contributed by atoms with Crippen LogP contribution in [0, 0.1) is 11.3 Å². The predicted octanol–water partition coefficient (Wildman–Crippen LogP) is 4.10. The quantitative estimate of drug-likeness (QED) is 0.683. The minimum Gasteiger partial charge on any atom is -0.506 e. The topological polar surface area (TPSA) is 82.3 Å². The first kappa shape index (κ1) is 17.1. The molecule has 0 aromatic heterocycles.